The molecule has 0 spiro atoms. The minimum absolute atomic E-state index is 0.156. The Morgan fingerprint density at radius 1 is 1.39 bits per heavy atom. The molecule has 96 valence electrons. The molecule has 4 heteroatoms. The van der Waals surface area contributed by atoms with Crippen LogP contribution in [0.4, 0.5) is 0 Å². The lowest BCUT2D eigenvalue weighted by molar-refractivity contribution is -0.118. The van der Waals surface area contributed by atoms with Gasteiger partial charge in [0.2, 0.25) is 0 Å². The third-order valence-electron chi connectivity index (χ3n) is 2.94. The van der Waals surface area contributed by atoms with Gasteiger partial charge in [-0.3, -0.25) is 4.79 Å². The van der Waals surface area contributed by atoms with Crippen LogP contribution >= 0.6 is 23.2 Å². The summed E-state index contributed by atoms with van der Waals surface area (Å²) in [6.07, 6.45) is 1.54. The summed E-state index contributed by atoms with van der Waals surface area (Å²) in [6, 6.07) is 5.48. The van der Waals surface area contributed by atoms with Crippen molar-refractivity contribution in [3.63, 3.8) is 0 Å². The second kappa shape index (κ2) is 5.77. The molecule has 0 saturated heterocycles. The number of aryl methyl sites for hydroxylation is 1. The molecule has 0 unspecified atom stereocenters. The summed E-state index contributed by atoms with van der Waals surface area (Å²) in [5.41, 5.74) is 1.77. The molecule has 0 aliphatic heterocycles. The monoisotopic (exact) mass is 284 g/mol. The van der Waals surface area contributed by atoms with Crippen LogP contribution in [0.25, 0.3) is 11.0 Å². The van der Waals surface area contributed by atoms with Gasteiger partial charge in [0, 0.05) is 22.7 Å². The topological polar surface area (TPSA) is 30.2 Å². The predicted octanol–water partition coefficient (Wildman–Crippen LogP) is 4.53. The molecule has 0 aliphatic carbocycles. The molecule has 0 saturated carbocycles. The zero-order valence-corrected chi connectivity index (χ0v) is 11.6. The number of hydrogen-bond donors (Lipinski definition) is 0. The van der Waals surface area contributed by atoms with Gasteiger partial charge in [-0.05, 0) is 37.1 Å². The van der Waals surface area contributed by atoms with Crippen LogP contribution in [0.15, 0.2) is 22.6 Å². The maximum atomic E-state index is 11.7. The Kier molecular flexibility index (Phi) is 4.31. The Labute approximate surface area is 116 Å². The van der Waals surface area contributed by atoms with E-state index in [1.807, 2.05) is 19.1 Å². The first kappa shape index (κ1) is 13.4. The third-order valence-corrected chi connectivity index (χ3v) is 3.45. The summed E-state index contributed by atoms with van der Waals surface area (Å²) in [5, 5.41) is 1.65. The fraction of sp³-hybridized carbons (Fsp3) is 0.357. The van der Waals surface area contributed by atoms with Gasteiger partial charge < -0.3 is 4.42 Å². The number of hydrogen-bond acceptors (Lipinski definition) is 2. The fourth-order valence-corrected chi connectivity index (χ4v) is 2.25. The highest BCUT2D eigenvalue weighted by molar-refractivity contribution is 6.31. The quantitative estimate of drug-likeness (QED) is 0.756. The first-order valence-corrected chi connectivity index (χ1v) is 6.78. The van der Waals surface area contributed by atoms with E-state index >= 15 is 0 Å². The van der Waals surface area contributed by atoms with Gasteiger partial charge in [0.05, 0.1) is 6.42 Å². The highest BCUT2D eigenvalue weighted by atomic mass is 35.5. The van der Waals surface area contributed by atoms with E-state index in [1.165, 1.54) is 0 Å². The van der Waals surface area contributed by atoms with E-state index in [4.69, 9.17) is 27.6 Å². The van der Waals surface area contributed by atoms with Gasteiger partial charge in [-0.2, -0.15) is 0 Å². The Morgan fingerprint density at radius 3 is 2.89 bits per heavy atom. The van der Waals surface area contributed by atoms with E-state index in [2.05, 4.69) is 0 Å². The van der Waals surface area contributed by atoms with Crippen LogP contribution in [-0.4, -0.2) is 11.7 Å². The lowest BCUT2D eigenvalue weighted by Gasteiger charge is -1.97. The van der Waals surface area contributed by atoms with E-state index in [0.717, 1.165) is 22.3 Å². The van der Waals surface area contributed by atoms with Crippen molar-refractivity contribution in [1.82, 2.24) is 0 Å². The molecule has 2 nitrogen and oxygen atoms in total. The van der Waals surface area contributed by atoms with Crippen molar-refractivity contribution in [1.29, 1.82) is 0 Å². The molecule has 0 bridgehead atoms. The number of furan rings is 1. The van der Waals surface area contributed by atoms with E-state index in [9.17, 15) is 4.79 Å². The molecular weight excluding hydrogens is 271 g/mol. The Balaban J connectivity index is 2.23. The first-order chi connectivity index (χ1) is 8.61. The Morgan fingerprint density at radius 2 is 2.17 bits per heavy atom. The maximum absolute atomic E-state index is 11.7. The van der Waals surface area contributed by atoms with Crippen LogP contribution in [-0.2, 0) is 11.2 Å². The van der Waals surface area contributed by atoms with Crippen molar-refractivity contribution in [3.8, 4) is 0 Å². The molecule has 0 fully saturated rings. The van der Waals surface area contributed by atoms with Crippen LogP contribution in [0.5, 0.6) is 0 Å². The number of carbonyl (C=O) groups is 1. The number of halogens is 2. The largest absolute Gasteiger partial charge is 0.460 e. The Hall–Kier alpha value is -0.990. The summed E-state index contributed by atoms with van der Waals surface area (Å²) < 4.78 is 5.69. The van der Waals surface area contributed by atoms with Crippen molar-refractivity contribution >= 4 is 40.0 Å². The molecule has 0 atom stereocenters. The van der Waals surface area contributed by atoms with Crippen LogP contribution in [0.2, 0.25) is 5.02 Å². The zero-order chi connectivity index (χ0) is 13.1. The van der Waals surface area contributed by atoms with Gasteiger partial charge in [0.1, 0.15) is 17.1 Å². The molecule has 0 N–H and O–H groups in total. The SMILES string of the molecule is Cc1c(CC(=O)CCCCl)oc2ccc(Cl)cc12. The van der Waals surface area contributed by atoms with E-state index in [1.54, 1.807) is 6.07 Å². The summed E-state index contributed by atoms with van der Waals surface area (Å²) in [4.78, 5) is 11.7. The molecule has 1 heterocycles. The lowest BCUT2D eigenvalue weighted by Crippen LogP contribution is -2.02. The normalized spacial score (nSPS) is 11.1. The minimum atomic E-state index is 0.156. The second-order valence-electron chi connectivity index (χ2n) is 4.30. The first-order valence-electron chi connectivity index (χ1n) is 5.87. The van der Waals surface area contributed by atoms with Gasteiger partial charge in [-0.15, -0.1) is 11.6 Å². The van der Waals surface area contributed by atoms with Crippen LogP contribution in [0.1, 0.15) is 24.2 Å². The molecule has 2 aromatic rings. The summed E-state index contributed by atoms with van der Waals surface area (Å²) >= 11 is 11.5. The van der Waals surface area contributed by atoms with Crippen molar-refractivity contribution < 1.29 is 9.21 Å². The van der Waals surface area contributed by atoms with E-state index in [-0.39, 0.29) is 5.78 Å². The van der Waals surface area contributed by atoms with Gasteiger partial charge in [0.15, 0.2) is 0 Å². The molecule has 1 aromatic heterocycles. The zero-order valence-electron chi connectivity index (χ0n) is 10.1. The highest BCUT2D eigenvalue weighted by Crippen LogP contribution is 2.28. The number of fused-ring (bicyclic) bond motifs is 1. The summed E-state index contributed by atoms with van der Waals surface area (Å²) in [6.45, 7) is 1.95. The molecule has 18 heavy (non-hydrogen) atoms. The number of carbonyl (C=O) groups excluding carboxylic acids is 1. The van der Waals surface area contributed by atoms with Crippen LogP contribution in [0.3, 0.4) is 0 Å². The highest BCUT2D eigenvalue weighted by Gasteiger charge is 2.14. The van der Waals surface area contributed by atoms with Crippen LogP contribution in [0, 0.1) is 6.92 Å². The number of rotatable bonds is 5. The average molecular weight is 285 g/mol. The predicted molar refractivity (Wildman–Crippen MR) is 74.6 cm³/mol. The number of alkyl halides is 1. The summed E-state index contributed by atoms with van der Waals surface area (Å²) in [7, 11) is 0. The third kappa shape index (κ3) is 2.88. The molecule has 0 radical (unpaired) electrons. The number of ketones is 1. The maximum Gasteiger partial charge on any atom is 0.140 e. The van der Waals surface area contributed by atoms with Gasteiger partial charge in [-0.25, -0.2) is 0 Å². The van der Waals surface area contributed by atoms with E-state index in [0.29, 0.717) is 30.2 Å². The van der Waals surface area contributed by atoms with Gasteiger partial charge >= 0.3 is 0 Å². The molecule has 0 aliphatic rings. The van der Waals surface area contributed by atoms with Crippen LogP contribution < -0.4 is 0 Å². The molecule has 2 rings (SSSR count). The van der Waals surface area contributed by atoms with Crippen molar-refractivity contribution in [2.45, 2.75) is 26.2 Å². The number of Topliss-reactive ketones (excluding diaryl/α,β-unsaturated/α-hetero) is 1. The van der Waals surface area contributed by atoms with Crippen molar-refractivity contribution in [2.75, 3.05) is 5.88 Å². The second-order valence-corrected chi connectivity index (χ2v) is 5.11. The smallest absolute Gasteiger partial charge is 0.140 e. The van der Waals surface area contributed by atoms with Crippen molar-refractivity contribution in [3.05, 3.63) is 34.5 Å². The molecule has 1 aromatic carbocycles. The van der Waals surface area contributed by atoms with E-state index < -0.39 is 0 Å². The fourth-order valence-electron chi connectivity index (χ4n) is 1.94. The van der Waals surface area contributed by atoms with Gasteiger partial charge in [0.25, 0.3) is 0 Å². The molecular formula is C14H14Cl2O2. The Bertz CT molecular complexity index is 572. The van der Waals surface area contributed by atoms with Gasteiger partial charge in [-0.1, -0.05) is 11.6 Å². The molecule has 0 amide bonds. The average Bonchev–Trinajstić information content (AvgIpc) is 2.64. The summed E-state index contributed by atoms with van der Waals surface area (Å²) in [5.74, 6) is 1.40. The minimum Gasteiger partial charge on any atom is -0.460 e. The lowest BCUT2D eigenvalue weighted by atomic mass is 10.1. The standard InChI is InChI=1S/C14H14Cl2O2/c1-9-12-7-10(16)4-5-13(12)18-14(9)8-11(17)3-2-6-15/h4-5,7H,2-3,6,8H2,1H3. The number of benzene rings is 1. The van der Waals surface area contributed by atoms with Crippen molar-refractivity contribution in [2.24, 2.45) is 0 Å².